The molecule has 1 amide bonds. The summed E-state index contributed by atoms with van der Waals surface area (Å²) >= 11 is 1.46. The zero-order valence-corrected chi connectivity index (χ0v) is 11.6. The van der Waals surface area contributed by atoms with Crippen molar-refractivity contribution in [2.75, 3.05) is 11.1 Å². The molecule has 1 aromatic heterocycles. The summed E-state index contributed by atoms with van der Waals surface area (Å²) in [6.45, 7) is 3.68. The quantitative estimate of drug-likeness (QED) is 0.910. The number of aryl methyl sites for hydroxylation is 1. The number of nitrogens with zero attached hydrogens (tertiary/aromatic N) is 2. The van der Waals surface area contributed by atoms with Crippen LogP contribution in [0.4, 0.5) is 5.69 Å². The largest absolute Gasteiger partial charge is 0.424 e. The first-order valence-corrected chi connectivity index (χ1v) is 6.96. The standard InChI is InChI=1S/C13H15N3O2S/c1-9(13-16-15-10(2)18-13)19-8-12(17)14-11-6-4-3-5-7-11/h3-7,9H,8H2,1-2H3,(H,14,17)/t9-/m1/s1. The van der Waals surface area contributed by atoms with Crippen LogP contribution >= 0.6 is 11.8 Å². The minimum absolute atomic E-state index is 0.00252. The third-order valence-corrected chi connectivity index (χ3v) is 3.54. The Bertz CT molecular complexity index is 542. The van der Waals surface area contributed by atoms with Crippen LogP contribution in [0, 0.1) is 6.92 Å². The van der Waals surface area contributed by atoms with E-state index >= 15 is 0 Å². The maximum absolute atomic E-state index is 11.8. The molecule has 0 aliphatic heterocycles. The smallest absolute Gasteiger partial charge is 0.234 e. The number of hydrogen-bond acceptors (Lipinski definition) is 5. The molecule has 1 heterocycles. The van der Waals surface area contributed by atoms with Crippen LogP contribution in [-0.2, 0) is 4.79 Å². The Morgan fingerprint density at radius 3 is 2.74 bits per heavy atom. The summed E-state index contributed by atoms with van der Waals surface area (Å²) in [7, 11) is 0. The maximum atomic E-state index is 11.8. The summed E-state index contributed by atoms with van der Waals surface area (Å²) in [6, 6.07) is 9.38. The van der Waals surface area contributed by atoms with E-state index in [1.54, 1.807) is 6.92 Å². The van der Waals surface area contributed by atoms with Crippen LogP contribution in [0.2, 0.25) is 0 Å². The molecule has 0 radical (unpaired) electrons. The minimum atomic E-state index is -0.0423. The number of para-hydroxylation sites is 1. The van der Waals surface area contributed by atoms with Crippen molar-refractivity contribution in [3.05, 3.63) is 42.1 Å². The van der Waals surface area contributed by atoms with Gasteiger partial charge in [-0.2, -0.15) is 0 Å². The van der Waals surface area contributed by atoms with Crippen LogP contribution in [-0.4, -0.2) is 21.9 Å². The van der Waals surface area contributed by atoms with Crippen LogP contribution < -0.4 is 5.32 Å². The molecular formula is C13H15N3O2S. The molecule has 0 aliphatic carbocycles. The van der Waals surface area contributed by atoms with E-state index in [4.69, 9.17) is 4.42 Å². The number of rotatable bonds is 5. The second-order valence-electron chi connectivity index (χ2n) is 4.03. The van der Waals surface area contributed by atoms with Gasteiger partial charge >= 0.3 is 0 Å². The highest BCUT2D eigenvalue weighted by atomic mass is 32.2. The number of carbonyl (C=O) groups excluding carboxylic acids is 1. The zero-order chi connectivity index (χ0) is 13.7. The number of amides is 1. The van der Waals surface area contributed by atoms with Crippen molar-refractivity contribution in [1.29, 1.82) is 0 Å². The summed E-state index contributed by atoms with van der Waals surface area (Å²) < 4.78 is 5.32. The molecule has 1 aromatic carbocycles. The lowest BCUT2D eigenvalue weighted by Crippen LogP contribution is -2.14. The molecular weight excluding hydrogens is 262 g/mol. The van der Waals surface area contributed by atoms with E-state index in [1.807, 2.05) is 37.3 Å². The van der Waals surface area contributed by atoms with Crippen LogP contribution in [0.25, 0.3) is 0 Å². The van der Waals surface area contributed by atoms with Crippen LogP contribution in [0.5, 0.6) is 0 Å². The van der Waals surface area contributed by atoms with Gasteiger partial charge in [-0.05, 0) is 19.1 Å². The Labute approximate surface area is 115 Å². The Hall–Kier alpha value is -1.82. The highest BCUT2D eigenvalue weighted by Crippen LogP contribution is 2.26. The first-order chi connectivity index (χ1) is 9.15. The Balaban J connectivity index is 1.80. The summed E-state index contributed by atoms with van der Waals surface area (Å²) in [5.74, 6) is 1.39. The Morgan fingerprint density at radius 1 is 1.37 bits per heavy atom. The Kier molecular flexibility index (Phi) is 4.57. The third-order valence-electron chi connectivity index (χ3n) is 2.41. The van der Waals surface area contributed by atoms with Crippen molar-refractivity contribution in [3.8, 4) is 0 Å². The van der Waals surface area contributed by atoms with E-state index in [-0.39, 0.29) is 11.2 Å². The number of anilines is 1. The molecule has 0 saturated heterocycles. The highest BCUT2D eigenvalue weighted by molar-refractivity contribution is 8.00. The van der Waals surface area contributed by atoms with Gasteiger partial charge in [0, 0.05) is 12.6 Å². The maximum Gasteiger partial charge on any atom is 0.234 e. The lowest BCUT2D eigenvalue weighted by molar-refractivity contribution is -0.113. The second-order valence-corrected chi connectivity index (χ2v) is 5.36. The van der Waals surface area contributed by atoms with Gasteiger partial charge < -0.3 is 9.73 Å². The van der Waals surface area contributed by atoms with E-state index in [0.717, 1.165) is 5.69 Å². The average molecular weight is 277 g/mol. The zero-order valence-electron chi connectivity index (χ0n) is 10.8. The van der Waals surface area contributed by atoms with Crippen molar-refractivity contribution in [3.63, 3.8) is 0 Å². The number of aromatic nitrogens is 2. The molecule has 6 heteroatoms. The molecule has 1 atom stereocenters. The lowest BCUT2D eigenvalue weighted by Gasteiger charge is -2.07. The van der Waals surface area contributed by atoms with Crippen molar-refractivity contribution in [2.24, 2.45) is 0 Å². The first-order valence-electron chi connectivity index (χ1n) is 5.91. The van der Waals surface area contributed by atoms with E-state index in [0.29, 0.717) is 17.5 Å². The Morgan fingerprint density at radius 2 is 2.11 bits per heavy atom. The normalized spacial score (nSPS) is 12.1. The fraction of sp³-hybridized carbons (Fsp3) is 0.308. The molecule has 2 aromatic rings. The van der Waals surface area contributed by atoms with Crippen LogP contribution in [0.3, 0.4) is 0 Å². The van der Waals surface area contributed by atoms with Gasteiger partial charge in [-0.25, -0.2) is 0 Å². The molecule has 0 saturated carbocycles. The number of nitrogens with one attached hydrogen (secondary N) is 1. The first kappa shape index (κ1) is 13.6. The molecule has 0 aliphatic rings. The van der Waals surface area contributed by atoms with E-state index in [2.05, 4.69) is 15.5 Å². The molecule has 0 unspecified atom stereocenters. The summed E-state index contributed by atoms with van der Waals surface area (Å²) in [4.78, 5) is 11.8. The highest BCUT2D eigenvalue weighted by Gasteiger charge is 2.14. The number of benzene rings is 1. The molecule has 5 nitrogen and oxygen atoms in total. The van der Waals surface area contributed by atoms with Crippen molar-refractivity contribution < 1.29 is 9.21 Å². The van der Waals surface area contributed by atoms with Gasteiger partial charge in [0.15, 0.2) is 0 Å². The predicted octanol–water partition coefficient (Wildman–Crippen LogP) is 2.81. The molecule has 19 heavy (non-hydrogen) atoms. The van der Waals surface area contributed by atoms with Gasteiger partial charge in [-0.15, -0.1) is 22.0 Å². The summed E-state index contributed by atoms with van der Waals surface area (Å²) in [5, 5.41) is 10.5. The van der Waals surface area contributed by atoms with Gasteiger partial charge in [0.2, 0.25) is 17.7 Å². The molecule has 100 valence electrons. The minimum Gasteiger partial charge on any atom is -0.424 e. The van der Waals surface area contributed by atoms with Crippen molar-refractivity contribution in [2.45, 2.75) is 19.1 Å². The summed E-state index contributed by atoms with van der Waals surface area (Å²) in [6.07, 6.45) is 0. The topological polar surface area (TPSA) is 68.0 Å². The van der Waals surface area contributed by atoms with Crippen LogP contribution in [0.1, 0.15) is 24.0 Å². The van der Waals surface area contributed by atoms with Crippen LogP contribution in [0.15, 0.2) is 34.7 Å². The fourth-order valence-corrected chi connectivity index (χ4v) is 2.18. The predicted molar refractivity (Wildman–Crippen MR) is 75.0 cm³/mol. The second kappa shape index (κ2) is 6.38. The van der Waals surface area contributed by atoms with Crippen molar-refractivity contribution in [1.82, 2.24) is 10.2 Å². The van der Waals surface area contributed by atoms with E-state index < -0.39 is 0 Å². The molecule has 0 spiro atoms. The monoisotopic (exact) mass is 277 g/mol. The fourth-order valence-electron chi connectivity index (χ4n) is 1.47. The molecule has 1 N–H and O–H groups in total. The van der Waals surface area contributed by atoms with E-state index in [9.17, 15) is 4.79 Å². The molecule has 0 bridgehead atoms. The number of hydrogen-bond donors (Lipinski definition) is 1. The van der Waals surface area contributed by atoms with Gasteiger partial charge in [-0.1, -0.05) is 18.2 Å². The average Bonchev–Trinajstić information content (AvgIpc) is 2.84. The third kappa shape index (κ3) is 4.10. The van der Waals surface area contributed by atoms with Gasteiger partial charge in [0.25, 0.3) is 0 Å². The molecule has 0 fully saturated rings. The summed E-state index contributed by atoms with van der Waals surface area (Å²) in [5.41, 5.74) is 0.800. The number of thioether (sulfide) groups is 1. The van der Waals surface area contributed by atoms with Crippen molar-refractivity contribution >= 4 is 23.4 Å². The van der Waals surface area contributed by atoms with Gasteiger partial charge in [0.1, 0.15) is 0 Å². The van der Waals surface area contributed by atoms with Gasteiger partial charge in [-0.3, -0.25) is 4.79 Å². The molecule has 2 rings (SSSR count). The lowest BCUT2D eigenvalue weighted by atomic mass is 10.3. The van der Waals surface area contributed by atoms with Gasteiger partial charge in [0.05, 0.1) is 11.0 Å². The SMILES string of the molecule is Cc1nnc([C@@H](C)SCC(=O)Nc2ccccc2)o1. The number of carbonyl (C=O) groups is 1. The van der Waals surface area contributed by atoms with E-state index in [1.165, 1.54) is 11.8 Å².